The zero-order valence-corrected chi connectivity index (χ0v) is 10.9. The van der Waals surface area contributed by atoms with Crippen molar-refractivity contribution in [1.29, 1.82) is 0 Å². The van der Waals surface area contributed by atoms with Crippen molar-refractivity contribution >= 4 is 5.84 Å². The number of rotatable bonds is 5. The van der Waals surface area contributed by atoms with E-state index in [9.17, 15) is 4.39 Å². The average molecular weight is 254 g/mol. The van der Waals surface area contributed by atoms with Crippen LogP contribution in [0.1, 0.15) is 25.8 Å². The van der Waals surface area contributed by atoms with Crippen molar-refractivity contribution in [3.63, 3.8) is 0 Å². The highest BCUT2D eigenvalue weighted by Gasteiger charge is 2.23. The Morgan fingerprint density at radius 1 is 1.50 bits per heavy atom. The third-order valence-corrected chi connectivity index (χ3v) is 2.87. The molecule has 0 radical (unpaired) electrons. The molecule has 0 saturated carbocycles. The molecule has 0 heterocycles. The molecular formula is C13H19FN2O2. The van der Waals surface area contributed by atoms with Crippen molar-refractivity contribution in [2.45, 2.75) is 27.2 Å². The van der Waals surface area contributed by atoms with Gasteiger partial charge in [-0.25, -0.2) is 4.39 Å². The summed E-state index contributed by atoms with van der Waals surface area (Å²) in [5, 5.41) is 11.6. The van der Waals surface area contributed by atoms with Gasteiger partial charge in [0.2, 0.25) is 0 Å². The van der Waals surface area contributed by atoms with Crippen molar-refractivity contribution in [1.82, 2.24) is 0 Å². The Balaban J connectivity index is 2.59. The summed E-state index contributed by atoms with van der Waals surface area (Å²) in [7, 11) is 0. The molecule has 3 N–H and O–H groups in total. The number of ether oxygens (including phenoxy) is 1. The Hall–Kier alpha value is -1.78. The van der Waals surface area contributed by atoms with E-state index in [0.717, 1.165) is 5.56 Å². The lowest BCUT2D eigenvalue weighted by Gasteiger charge is -2.22. The van der Waals surface area contributed by atoms with Gasteiger partial charge in [0.05, 0.1) is 6.61 Å². The topological polar surface area (TPSA) is 67.8 Å². The molecule has 0 amide bonds. The summed E-state index contributed by atoms with van der Waals surface area (Å²) < 4.78 is 18.8. The van der Waals surface area contributed by atoms with E-state index in [1.54, 1.807) is 12.1 Å². The van der Waals surface area contributed by atoms with E-state index < -0.39 is 5.41 Å². The van der Waals surface area contributed by atoms with Crippen LogP contribution >= 0.6 is 0 Å². The van der Waals surface area contributed by atoms with Crippen molar-refractivity contribution in [3.8, 4) is 5.75 Å². The van der Waals surface area contributed by atoms with Gasteiger partial charge in [0.15, 0.2) is 11.6 Å². The predicted octanol–water partition coefficient (Wildman–Crippen LogP) is 2.68. The molecule has 100 valence electrons. The summed E-state index contributed by atoms with van der Waals surface area (Å²) in [6.07, 6.45) is 0.524. The first-order valence-electron chi connectivity index (χ1n) is 5.74. The summed E-state index contributed by atoms with van der Waals surface area (Å²) in [6.45, 7) is 5.83. The molecule has 0 aliphatic carbocycles. The summed E-state index contributed by atoms with van der Waals surface area (Å²) in [4.78, 5) is 0. The van der Waals surface area contributed by atoms with Crippen LogP contribution in [-0.2, 0) is 0 Å². The van der Waals surface area contributed by atoms with E-state index in [0.29, 0.717) is 13.0 Å². The number of oxime groups is 1. The fraction of sp³-hybridized carbons (Fsp3) is 0.462. The number of nitrogens with two attached hydrogens (primary N) is 1. The molecule has 0 atom stereocenters. The quantitative estimate of drug-likeness (QED) is 0.367. The summed E-state index contributed by atoms with van der Waals surface area (Å²) in [5.41, 5.74) is 6.00. The third-order valence-electron chi connectivity index (χ3n) is 2.87. The first-order valence-corrected chi connectivity index (χ1v) is 5.74. The lowest BCUT2D eigenvalue weighted by molar-refractivity contribution is 0.251. The largest absolute Gasteiger partial charge is 0.490 e. The minimum atomic E-state index is -0.491. The number of hydrogen-bond acceptors (Lipinski definition) is 3. The Morgan fingerprint density at radius 2 is 2.17 bits per heavy atom. The molecular weight excluding hydrogens is 235 g/mol. The second-order valence-corrected chi connectivity index (χ2v) is 4.90. The molecule has 4 nitrogen and oxygen atoms in total. The molecule has 0 fully saturated rings. The number of halogens is 1. The van der Waals surface area contributed by atoms with Gasteiger partial charge in [0.25, 0.3) is 0 Å². The Bertz CT molecular complexity index is 445. The van der Waals surface area contributed by atoms with Crippen LogP contribution in [-0.4, -0.2) is 17.6 Å². The number of hydrogen-bond donors (Lipinski definition) is 2. The first kappa shape index (κ1) is 14.3. The molecule has 0 spiro atoms. The van der Waals surface area contributed by atoms with Crippen molar-refractivity contribution < 1.29 is 14.3 Å². The van der Waals surface area contributed by atoms with Crippen molar-refractivity contribution in [2.24, 2.45) is 16.3 Å². The maximum Gasteiger partial charge on any atom is 0.165 e. The lowest BCUT2D eigenvalue weighted by atomic mass is 9.88. The highest BCUT2D eigenvalue weighted by molar-refractivity contribution is 5.85. The second-order valence-electron chi connectivity index (χ2n) is 4.90. The lowest BCUT2D eigenvalue weighted by Crippen LogP contribution is -2.33. The molecule has 0 saturated heterocycles. The predicted molar refractivity (Wildman–Crippen MR) is 68.4 cm³/mol. The van der Waals surface area contributed by atoms with Crippen LogP contribution in [0, 0.1) is 18.2 Å². The second kappa shape index (κ2) is 5.71. The van der Waals surface area contributed by atoms with Crippen LogP contribution < -0.4 is 10.5 Å². The maximum absolute atomic E-state index is 13.4. The molecule has 1 aromatic rings. The fourth-order valence-electron chi connectivity index (χ4n) is 1.40. The zero-order chi connectivity index (χ0) is 13.8. The van der Waals surface area contributed by atoms with Gasteiger partial charge in [-0.3, -0.25) is 0 Å². The van der Waals surface area contributed by atoms with Crippen molar-refractivity contribution in [3.05, 3.63) is 29.6 Å². The van der Waals surface area contributed by atoms with Gasteiger partial charge in [-0.15, -0.1) is 0 Å². The van der Waals surface area contributed by atoms with E-state index in [4.69, 9.17) is 15.7 Å². The molecule has 1 rings (SSSR count). The fourth-order valence-corrected chi connectivity index (χ4v) is 1.40. The summed E-state index contributed by atoms with van der Waals surface area (Å²) in [6, 6.07) is 4.70. The number of nitrogens with zero attached hydrogens (tertiary/aromatic N) is 1. The third kappa shape index (κ3) is 3.61. The monoisotopic (exact) mass is 254 g/mol. The van der Waals surface area contributed by atoms with E-state index in [-0.39, 0.29) is 17.4 Å². The molecule has 1 aromatic carbocycles. The molecule has 0 aliphatic rings. The first-order chi connectivity index (χ1) is 8.36. The smallest absolute Gasteiger partial charge is 0.165 e. The Morgan fingerprint density at radius 3 is 2.78 bits per heavy atom. The van der Waals surface area contributed by atoms with Crippen molar-refractivity contribution in [2.75, 3.05) is 6.61 Å². The van der Waals surface area contributed by atoms with E-state index in [1.165, 1.54) is 6.07 Å². The molecule has 0 aliphatic heterocycles. The number of aryl methyl sites for hydroxylation is 1. The van der Waals surface area contributed by atoms with Gasteiger partial charge in [0, 0.05) is 5.41 Å². The highest BCUT2D eigenvalue weighted by atomic mass is 19.1. The van der Waals surface area contributed by atoms with Crippen LogP contribution in [0.25, 0.3) is 0 Å². The van der Waals surface area contributed by atoms with Gasteiger partial charge in [0.1, 0.15) is 5.84 Å². The van der Waals surface area contributed by atoms with Crippen LogP contribution in [0.4, 0.5) is 4.39 Å². The summed E-state index contributed by atoms with van der Waals surface area (Å²) >= 11 is 0. The SMILES string of the molecule is Cc1ccc(F)c(OCCC(C)(C)C(N)=NO)c1. The Kier molecular flexibility index (Phi) is 4.53. The van der Waals surface area contributed by atoms with Crippen LogP contribution in [0.3, 0.4) is 0 Å². The maximum atomic E-state index is 13.4. The minimum Gasteiger partial charge on any atom is -0.490 e. The zero-order valence-electron chi connectivity index (χ0n) is 10.9. The van der Waals surface area contributed by atoms with E-state index >= 15 is 0 Å². The van der Waals surface area contributed by atoms with Crippen LogP contribution in [0.5, 0.6) is 5.75 Å². The molecule has 0 unspecified atom stereocenters. The molecule has 18 heavy (non-hydrogen) atoms. The number of benzene rings is 1. The minimum absolute atomic E-state index is 0.135. The molecule has 0 bridgehead atoms. The van der Waals surface area contributed by atoms with E-state index in [2.05, 4.69) is 5.16 Å². The standard InChI is InChI=1S/C13H19FN2O2/c1-9-4-5-10(14)11(8-9)18-7-6-13(2,3)12(15)16-17/h4-5,8,17H,6-7H2,1-3H3,(H2,15,16). The van der Waals surface area contributed by atoms with Gasteiger partial charge in [-0.1, -0.05) is 25.1 Å². The van der Waals surface area contributed by atoms with Gasteiger partial charge in [-0.2, -0.15) is 0 Å². The highest BCUT2D eigenvalue weighted by Crippen LogP contribution is 2.23. The summed E-state index contributed by atoms with van der Waals surface area (Å²) in [5.74, 6) is -0.0247. The van der Waals surface area contributed by atoms with Gasteiger partial charge in [-0.05, 0) is 31.0 Å². The van der Waals surface area contributed by atoms with Gasteiger partial charge >= 0.3 is 0 Å². The number of amidine groups is 1. The normalized spacial score (nSPS) is 12.6. The van der Waals surface area contributed by atoms with Crippen LogP contribution in [0.2, 0.25) is 0 Å². The van der Waals surface area contributed by atoms with Crippen LogP contribution in [0.15, 0.2) is 23.4 Å². The Labute approximate surface area is 106 Å². The van der Waals surface area contributed by atoms with E-state index in [1.807, 2.05) is 20.8 Å². The van der Waals surface area contributed by atoms with Gasteiger partial charge < -0.3 is 15.7 Å². The molecule has 5 heteroatoms. The molecule has 0 aromatic heterocycles. The average Bonchev–Trinajstić information content (AvgIpc) is 2.32.